The van der Waals surface area contributed by atoms with Gasteiger partial charge in [-0.05, 0) is 56.3 Å². The number of benzene rings is 2. The van der Waals surface area contributed by atoms with E-state index < -0.39 is 0 Å². The van der Waals surface area contributed by atoms with Crippen molar-refractivity contribution in [1.82, 2.24) is 5.32 Å². The molecule has 0 bridgehead atoms. The zero-order chi connectivity index (χ0) is 18.4. The van der Waals surface area contributed by atoms with Crippen molar-refractivity contribution in [3.8, 4) is 0 Å². The highest BCUT2D eigenvalue weighted by Crippen LogP contribution is 2.25. The Morgan fingerprint density at radius 1 is 1.04 bits per heavy atom. The van der Waals surface area contributed by atoms with E-state index in [2.05, 4.69) is 16.0 Å². The molecule has 5 nitrogen and oxygen atoms in total. The Hall–Kier alpha value is -2.24. The number of nitrogens with one attached hydrogen (secondary N) is 3. The third-order valence-electron chi connectivity index (χ3n) is 3.22. The minimum absolute atomic E-state index is 0.0525. The standard InChI is InChI=1S/C18H19Cl2N3O2/c1-11(2)22-18(25)12-3-6-14(7-4-12)23-17(24)10-21-16-8-5-13(19)9-15(16)20/h3-9,11,21H,10H2,1-2H3,(H,22,25)(H,23,24). The van der Waals surface area contributed by atoms with Gasteiger partial charge in [-0.3, -0.25) is 9.59 Å². The first-order chi connectivity index (χ1) is 11.8. The largest absolute Gasteiger partial charge is 0.375 e. The van der Waals surface area contributed by atoms with E-state index in [1.165, 1.54) is 0 Å². The molecular weight excluding hydrogens is 361 g/mol. The van der Waals surface area contributed by atoms with E-state index in [-0.39, 0.29) is 24.4 Å². The van der Waals surface area contributed by atoms with Crippen molar-refractivity contribution in [3.63, 3.8) is 0 Å². The van der Waals surface area contributed by atoms with Crippen LogP contribution in [-0.4, -0.2) is 24.4 Å². The molecule has 0 fully saturated rings. The minimum Gasteiger partial charge on any atom is -0.375 e. The van der Waals surface area contributed by atoms with Crippen LogP contribution in [0.4, 0.5) is 11.4 Å². The summed E-state index contributed by atoms with van der Waals surface area (Å²) in [6.07, 6.45) is 0. The Labute approximate surface area is 156 Å². The molecule has 0 saturated heterocycles. The lowest BCUT2D eigenvalue weighted by molar-refractivity contribution is -0.114. The highest BCUT2D eigenvalue weighted by atomic mass is 35.5. The van der Waals surface area contributed by atoms with E-state index in [1.54, 1.807) is 42.5 Å². The number of hydrogen-bond donors (Lipinski definition) is 3. The molecule has 2 aromatic carbocycles. The summed E-state index contributed by atoms with van der Waals surface area (Å²) in [4.78, 5) is 23.9. The number of anilines is 2. The van der Waals surface area contributed by atoms with E-state index in [0.717, 1.165) is 0 Å². The predicted octanol–water partition coefficient (Wildman–Crippen LogP) is 4.18. The molecule has 7 heteroatoms. The first-order valence-corrected chi connectivity index (χ1v) is 8.50. The first kappa shape index (κ1) is 19.1. The number of carbonyl (C=O) groups excluding carboxylic acids is 2. The molecule has 2 aromatic rings. The predicted molar refractivity (Wildman–Crippen MR) is 103 cm³/mol. The van der Waals surface area contributed by atoms with Crippen LogP contribution in [0.5, 0.6) is 0 Å². The lowest BCUT2D eigenvalue weighted by Gasteiger charge is -2.11. The molecule has 0 aliphatic carbocycles. The molecule has 25 heavy (non-hydrogen) atoms. The maximum absolute atomic E-state index is 12.0. The van der Waals surface area contributed by atoms with Crippen LogP contribution >= 0.6 is 23.2 Å². The Bertz CT molecular complexity index is 761. The van der Waals surface area contributed by atoms with Gasteiger partial charge in [-0.1, -0.05) is 23.2 Å². The number of amides is 2. The van der Waals surface area contributed by atoms with Crippen molar-refractivity contribution in [2.75, 3.05) is 17.2 Å². The average molecular weight is 380 g/mol. The van der Waals surface area contributed by atoms with E-state index in [0.29, 0.717) is 27.0 Å². The SMILES string of the molecule is CC(C)NC(=O)c1ccc(NC(=O)CNc2ccc(Cl)cc2Cl)cc1. The fraction of sp³-hybridized carbons (Fsp3) is 0.222. The van der Waals surface area contributed by atoms with Crippen molar-refractivity contribution in [1.29, 1.82) is 0 Å². The molecule has 0 spiro atoms. The van der Waals surface area contributed by atoms with Crippen LogP contribution in [-0.2, 0) is 4.79 Å². The van der Waals surface area contributed by atoms with Crippen LogP contribution in [0.2, 0.25) is 10.0 Å². The highest BCUT2D eigenvalue weighted by Gasteiger charge is 2.08. The molecule has 2 amide bonds. The van der Waals surface area contributed by atoms with Crippen molar-refractivity contribution in [2.24, 2.45) is 0 Å². The van der Waals surface area contributed by atoms with Gasteiger partial charge in [0.15, 0.2) is 0 Å². The third kappa shape index (κ3) is 5.96. The van der Waals surface area contributed by atoms with Crippen LogP contribution in [0, 0.1) is 0 Å². The van der Waals surface area contributed by atoms with Gasteiger partial charge in [-0.15, -0.1) is 0 Å². The van der Waals surface area contributed by atoms with E-state index in [1.807, 2.05) is 13.8 Å². The summed E-state index contributed by atoms with van der Waals surface area (Å²) in [5, 5.41) is 9.48. The molecule has 0 heterocycles. The van der Waals surface area contributed by atoms with Crippen molar-refractivity contribution in [3.05, 3.63) is 58.1 Å². The fourth-order valence-corrected chi connectivity index (χ4v) is 2.54. The van der Waals surface area contributed by atoms with Gasteiger partial charge in [0.1, 0.15) is 0 Å². The Kier molecular flexibility index (Phi) is 6.67. The van der Waals surface area contributed by atoms with Crippen molar-refractivity contribution >= 4 is 46.4 Å². The highest BCUT2D eigenvalue weighted by molar-refractivity contribution is 6.36. The molecule has 2 rings (SSSR count). The number of halogens is 2. The van der Waals surface area contributed by atoms with Gasteiger partial charge in [0.05, 0.1) is 17.3 Å². The van der Waals surface area contributed by atoms with Gasteiger partial charge in [-0.25, -0.2) is 0 Å². The third-order valence-corrected chi connectivity index (χ3v) is 3.77. The average Bonchev–Trinajstić information content (AvgIpc) is 2.54. The summed E-state index contributed by atoms with van der Waals surface area (Å²) in [7, 11) is 0. The number of rotatable bonds is 6. The van der Waals surface area contributed by atoms with Crippen LogP contribution < -0.4 is 16.0 Å². The molecular formula is C18H19Cl2N3O2. The van der Waals surface area contributed by atoms with Gasteiger partial charge >= 0.3 is 0 Å². The molecule has 0 saturated carbocycles. The van der Waals surface area contributed by atoms with E-state index in [9.17, 15) is 9.59 Å². The van der Waals surface area contributed by atoms with Gasteiger partial charge in [-0.2, -0.15) is 0 Å². The zero-order valence-electron chi connectivity index (χ0n) is 13.9. The van der Waals surface area contributed by atoms with Crippen LogP contribution in [0.15, 0.2) is 42.5 Å². The second-order valence-corrected chi connectivity index (χ2v) is 6.58. The molecule has 3 N–H and O–H groups in total. The summed E-state index contributed by atoms with van der Waals surface area (Å²) in [6.45, 7) is 3.84. The molecule has 0 aliphatic heterocycles. The Balaban J connectivity index is 1.89. The molecule has 0 aromatic heterocycles. The van der Waals surface area contributed by atoms with Crippen molar-refractivity contribution in [2.45, 2.75) is 19.9 Å². The van der Waals surface area contributed by atoms with Gasteiger partial charge in [0, 0.05) is 22.3 Å². The second kappa shape index (κ2) is 8.74. The van der Waals surface area contributed by atoms with Gasteiger partial charge in [0.2, 0.25) is 5.91 Å². The fourth-order valence-electron chi connectivity index (χ4n) is 2.06. The summed E-state index contributed by atoms with van der Waals surface area (Å²) in [5.74, 6) is -0.377. The number of carbonyl (C=O) groups is 2. The molecule has 0 atom stereocenters. The monoisotopic (exact) mass is 379 g/mol. The minimum atomic E-state index is -0.231. The van der Waals surface area contributed by atoms with E-state index in [4.69, 9.17) is 23.2 Å². The Morgan fingerprint density at radius 2 is 1.72 bits per heavy atom. The van der Waals surface area contributed by atoms with Crippen LogP contribution in [0.1, 0.15) is 24.2 Å². The molecule has 0 radical (unpaired) electrons. The summed E-state index contributed by atoms with van der Waals surface area (Å²) in [6, 6.07) is 11.8. The molecule has 132 valence electrons. The lowest BCUT2D eigenvalue weighted by atomic mass is 10.2. The van der Waals surface area contributed by atoms with Crippen molar-refractivity contribution < 1.29 is 9.59 Å². The van der Waals surface area contributed by atoms with E-state index >= 15 is 0 Å². The zero-order valence-corrected chi connectivity index (χ0v) is 15.4. The number of hydrogen-bond acceptors (Lipinski definition) is 3. The maximum Gasteiger partial charge on any atom is 0.251 e. The van der Waals surface area contributed by atoms with Crippen LogP contribution in [0.25, 0.3) is 0 Å². The van der Waals surface area contributed by atoms with Gasteiger partial charge in [0.25, 0.3) is 5.91 Å². The lowest BCUT2D eigenvalue weighted by Crippen LogP contribution is -2.30. The van der Waals surface area contributed by atoms with Gasteiger partial charge < -0.3 is 16.0 Å². The normalized spacial score (nSPS) is 10.4. The Morgan fingerprint density at radius 3 is 2.32 bits per heavy atom. The maximum atomic E-state index is 12.0. The first-order valence-electron chi connectivity index (χ1n) is 7.75. The molecule has 0 aliphatic rings. The summed E-state index contributed by atoms with van der Waals surface area (Å²) >= 11 is 11.9. The summed E-state index contributed by atoms with van der Waals surface area (Å²) < 4.78 is 0. The summed E-state index contributed by atoms with van der Waals surface area (Å²) in [5.41, 5.74) is 1.77. The second-order valence-electron chi connectivity index (χ2n) is 5.73. The quantitative estimate of drug-likeness (QED) is 0.704. The smallest absolute Gasteiger partial charge is 0.251 e. The topological polar surface area (TPSA) is 70.2 Å². The van der Waals surface area contributed by atoms with Crippen LogP contribution in [0.3, 0.4) is 0 Å². The molecule has 0 unspecified atom stereocenters.